The second-order valence-corrected chi connectivity index (χ2v) is 5.67. The van der Waals surface area contributed by atoms with Gasteiger partial charge in [0.25, 0.3) is 0 Å². The third-order valence-corrected chi connectivity index (χ3v) is 4.86. The van der Waals surface area contributed by atoms with Crippen molar-refractivity contribution in [3.05, 3.63) is 32.8 Å². The minimum absolute atomic E-state index is 1.29. The first-order valence-corrected chi connectivity index (χ1v) is 6.97. The van der Waals surface area contributed by atoms with E-state index in [2.05, 4.69) is 22.0 Å². The van der Waals surface area contributed by atoms with Crippen LogP contribution in [-0.2, 0) is 25.7 Å². The molecule has 2 aliphatic rings. The van der Waals surface area contributed by atoms with Crippen molar-refractivity contribution >= 4 is 15.9 Å². The average Bonchev–Trinajstić information content (AvgIpc) is 2.30. The molecule has 0 heterocycles. The number of benzene rings is 1. The van der Waals surface area contributed by atoms with Crippen molar-refractivity contribution < 1.29 is 0 Å². The fraction of sp³-hybridized carbons (Fsp3) is 0.571. The fourth-order valence-electron chi connectivity index (χ4n) is 3.07. The number of fused-ring (bicyclic) bond motifs is 2. The molecule has 0 nitrogen and oxygen atoms in total. The standard InChI is InChI=1S/C14H17Br/c15-14-12-7-3-1-5-10(12)9-11-6-2-4-8-13(11)14/h9H,1-8H2. The molecular formula is C14H17Br. The molecule has 0 saturated carbocycles. The molecule has 0 spiro atoms. The van der Waals surface area contributed by atoms with Crippen LogP contribution in [0.2, 0.25) is 0 Å². The van der Waals surface area contributed by atoms with Crippen LogP contribution < -0.4 is 0 Å². The van der Waals surface area contributed by atoms with E-state index < -0.39 is 0 Å². The zero-order valence-electron chi connectivity index (χ0n) is 9.11. The number of hydrogen-bond acceptors (Lipinski definition) is 0. The summed E-state index contributed by atoms with van der Waals surface area (Å²) in [6.07, 6.45) is 10.7. The minimum Gasteiger partial charge on any atom is -0.0552 e. The summed E-state index contributed by atoms with van der Waals surface area (Å²) in [5.74, 6) is 0. The topological polar surface area (TPSA) is 0 Å². The fourth-order valence-corrected chi connectivity index (χ4v) is 3.98. The molecule has 1 heteroatoms. The van der Waals surface area contributed by atoms with Crippen LogP contribution >= 0.6 is 15.9 Å². The maximum absolute atomic E-state index is 3.85. The van der Waals surface area contributed by atoms with E-state index in [9.17, 15) is 0 Å². The third kappa shape index (κ3) is 1.65. The van der Waals surface area contributed by atoms with Crippen LogP contribution in [-0.4, -0.2) is 0 Å². The zero-order chi connectivity index (χ0) is 10.3. The molecule has 0 unspecified atom stereocenters. The Hall–Kier alpha value is -0.300. The van der Waals surface area contributed by atoms with E-state index in [1.165, 1.54) is 55.8 Å². The Morgan fingerprint density at radius 1 is 0.733 bits per heavy atom. The van der Waals surface area contributed by atoms with Gasteiger partial charge in [0.05, 0.1) is 0 Å². The predicted molar refractivity (Wildman–Crippen MR) is 67.4 cm³/mol. The Balaban J connectivity index is 2.16. The summed E-state index contributed by atoms with van der Waals surface area (Å²) < 4.78 is 1.47. The summed E-state index contributed by atoms with van der Waals surface area (Å²) in [6.45, 7) is 0. The van der Waals surface area contributed by atoms with Crippen LogP contribution in [0.1, 0.15) is 47.9 Å². The molecule has 1 aromatic carbocycles. The molecule has 80 valence electrons. The molecule has 0 amide bonds. The van der Waals surface area contributed by atoms with E-state index >= 15 is 0 Å². The van der Waals surface area contributed by atoms with Crippen molar-refractivity contribution in [3.8, 4) is 0 Å². The summed E-state index contributed by atoms with van der Waals surface area (Å²) in [4.78, 5) is 0. The number of hydrogen-bond donors (Lipinski definition) is 0. The van der Waals surface area contributed by atoms with Gasteiger partial charge >= 0.3 is 0 Å². The summed E-state index contributed by atoms with van der Waals surface area (Å²) in [7, 11) is 0. The van der Waals surface area contributed by atoms with E-state index in [4.69, 9.17) is 0 Å². The first-order valence-electron chi connectivity index (χ1n) is 6.18. The lowest BCUT2D eigenvalue weighted by Crippen LogP contribution is -2.11. The molecule has 0 aromatic heterocycles. The van der Waals surface area contributed by atoms with Crippen LogP contribution in [0.5, 0.6) is 0 Å². The first kappa shape index (κ1) is 9.89. The summed E-state index contributed by atoms with van der Waals surface area (Å²) in [5, 5.41) is 0. The molecule has 0 radical (unpaired) electrons. The normalized spacial score (nSPS) is 19.5. The van der Waals surface area contributed by atoms with Crippen LogP contribution in [0.4, 0.5) is 0 Å². The quantitative estimate of drug-likeness (QED) is 0.659. The van der Waals surface area contributed by atoms with Gasteiger partial charge in [0.1, 0.15) is 0 Å². The number of halogens is 1. The highest BCUT2D eigenvalue weighted by molar-refractivity contribution is 9.10. The Bertz CT molecular complexity index is 359. The highest BCUT2D eigenvalue weighted by Crippen LogP contribution is 2.36. The molecule has 3 rings (SSSR count). The van der Waals surface area contributed by atoms with E-state index in [1.54, 1.807) is 22.3 Å². The largest absolute Gasteiger partial charge is 0.0552 e. The van der Waals surface area contributed by atoms with E-state index in [1.807, 2.05) is 0 Å². The lowest BCUT2D eigenvalue weighted by molar-refractivity contribution is 0.654. The van der Waals surface area contributed by atoms with E-state index in [0.29, 0.717) is 0 Å². The van der Waals surface area contributed by atoms with Crippen molar-refractivity contribution in [3.63, 3.8) is 0 Å². The van der Waals surface area contributed by atoms with Crippen molar-refractivity contribution in [2.24, 2.45) is 0 Å². The highest BCUT2D eigenvalue weighted by Gasteiger charge is 2.20. The van der Waals surface area contributed by atoms with Gasteiger partial charge in [-0.15, -0.1) is 0 Å². The Kier molecular flexibility index (Phi) is 2.59. The third-order valence-electron chi connectivity index (χ3n) is 3.90. The van der Waals surface area contributed by atoms with Gasteiger partial charge in [0.15, 0.2) is 0 Å². The van der Waals surface area contributed by atoms with E-state index in [0.717, 1.165) is 0 Å². The van der Waals surface area contributed by atoms with Crippen LogP contribution in [0, 0.1) is 0 Å². The molecular weight excluding hydrogens is 248 g/mol. The Morgan fingerprint density at radius 3 is 1.73 bits per heavy atom. The predicted octanol–water partition coefficient (Wildman–Crippen LogP) is 4.21. The van der Waals surface area contributed by atoms with Gasteiger partial charge in [-0.05, 0) is 73.6 Å². The minimum atomic E-state index is 1.29. The Labute approximate surface area is 100 Å². The lowest BCUT2D eigenvalue weighted by atomic mass is 9.83. The summed E-state index contributed by atoms with van der Waals surface area (Å²) in [6, 6.07) is 2.51. The van der Waals surface area contributed by atoms with Gasteiger partial charge in [0.2, 0.25) is 0 Å². The lowest BCUT2D eigenvalue weighted by Gasteiger charge is -2.25. The summed E-state index contributed by atoms with van der Waals surface area (Å²) >= 11 is 3.85. The average molecular weight is 265 g/mol. The molecule has 15 heavy (non-hydrogen) atoms. The number of rotatable bonds is 0. The van der Waals surface area contributed by atoms with Crippen LogP contribution in [0.25, 0.3) is 0 Å². The molecule has 2 aliphatic carbocycles. The maximum atomic E-state index is 3.85. The maximum Gasteiger partial charge on any atom is 0.0244 e. The van der Waals surface area contributed by atoms with Gasteiger partial charge in [-0.2, -0.15) is 0 Å². The van der Waals surface area contributed by atoms with Crippen LogP contribution in [0.15, 0.2) is 10.5 Å². The second-order valence-electron chi connectivity index (χ2n) is 4.88. The van der Waals surface area contributed by atoms with Crippen molar-refractivity contribution in [2.75, 3.05) is 0 Å². The van der Waals surface area contributed by atoms with Gasteiger partial charge in [0, 0.05) is 4.47 Å². The smallest absolute Gasteiger partial charge is 0.0244 e. The molecule has 0 saturated heterocycles. The van der Waals surface area contributed by atoms with Crippen LogP contribution in [0.3, 0.4) is 0 Å². The molecule has 0 atom stereocenters. The monoisotopic (exact) mass is 264 g/mol. The zero-order valence-corrected chi connectivity index (χ0v) is 10.7. The van der Waals surface area contributed by atoms with Crippen molar-refractivity contribution in [1.29, 1.82) is 0 Å². The Morgan fingerprint density at radius 2 is 1.20 bits per heavy atom. The highest BCUT2D eigenvalue weighted by atomic mass is 79.9. The van der Waals surface area contributed by atoms with Gasteiger partial charge in [-0.1, -0.05) is 22.0 Å². The van der Waals surface area contributed by atoms with Gasteiger partial charge < -0.3 is 0 Å². The summed E-state index contributed by atoms with van der Waals surface area (Å²) in [5.41, 5.74) is 6.52. The first-order chi connectivity index (χ1) is 7.36. The molecule has 1 aromatic rings. The van der Waals surface area contributed by atoms with Crippen molar-refractivity contribution in [1.82, 2.24) is 0 Å². The van der Waals surface area contributed by atoms with E-state index in [-0.39, 0.29) is 0 Å². The molecule has 0 bridgehead atoms. The second kappa shape index (κ2) is 3.93. The number of aryl methyl sites for hydroxylation is 2. The molecule has 0 aliphatic heterocycles. The van der Waals surface area contributed by atoms with Gasteiger partial charge in [-0.3, -0.25) is 0 Å². The molecule has 0 fully saturated rings. The van der Waals surface area contributed by atoms with Crippen molar-refractivity contribution in [2.45, 2.75) is 51.4 Å². The van der Waals surface area contributed by atoms with Gasteiger partial charge in [-0.25, -0.2) is 0 Å². The SMILES string of the molecule is Brc1c2c(cc3c1CCCC3)CCCC2. The molecule has 0 N–H and O–H groups in total.